The second-order valence-corrected chi connectivity index (χ2v) is 8.82. The van der Waals surface area contributed by atoms with Gasteiger partial charge in [-0.05, 0) is 65.6 Å². The Labute approximate surface area is 164 Å². The van der Waals surface area contributed by atoms with Crippen molar-refractivity contribution in [2.24, 2.45) is 7.05 Å². The normalized spacial score (nSPS) is 11.4. The van der Waals surface area contributed by atoms with Gasteiger partial charge in [-0.25, -0.2) is 9.78 Å². The van der Waals surface area contributed by atoms with Gasteiger partial charge in [0.1, 0.15) is 0 Å². The number of hydrogen-bond acceptors (Lipinski definition) is 6. The van der Waals surface area contributed by atoms with Gasteiger partial charge in [0, 0.05) is 12.8 Å². The van der Waals surface area contributed by atoms with E-state index in [4.69, 9.17) is 4.98 Å². The van der Waals surface area contributed by atoms with Crippen molar-refractivity contribution >= 4 is 33.3 Å². The number of nitrogens with zero attached hydrogens (tertiary/aromatic N) is 5. The summed E-state index contributed by atoms with van der Waals surface area (Å²) in [6.45, 7) is 6.26. The number of benzene rings is 2. The third kappa shape index (κ3) is 3.30. The fraction of sp³-hybridized carbons (Fsp3) is 0.263. The number of tetrazole rings is 1. The van der Waals surface area contributed by atoms with E-state index in [1.807, 2.05) is 25.1 Å². The van der Waals surface area contributed by atoms with Crippen LogP contribution in [0.2, 0.25) is 0 Å². The molecule has 0 saturated carbocycles. The molecule has 4 aromatic rings. The van der Waals surface area contributed by atoms with Gasteiger partial charge in [0.2, 0.25) is 0 Å². The first-order valence-corrected chi connectivity index (χ1v) is 10.3. The Bertz CT molecular complexity index is 1200. The molecule has 0 atom stereocenters. The molecule has 0 fully saturated rings. The van der Waals surface area contributed by atoms with Crippen LogP contribution in [0.3, 0.4) is 0 Å². The van der Waals surface area contributed by atoms with Gasteiger partial charge in [0.15, 0.2) is 4.34 Å². The molecular formula is C19H19N5OS2. The number of rotatable bonds is 4. The average molecular weight is 398 g/mol. The van der Waals surface area contributed by atoms with E-state index in [1.165, 1.54) is 25.2 Å². The number of fused-ring (bicyclic) bond motifs is 1. The summed E-state index contributed by atoms with van der Waals surface area (Å²) in [5, 5.41) is 7.82. The minimum atomic E-state index is -0.252. The molecule has 8 heteroatoms. The summed E-state index contributed by atoms with van der Waals surface area (Å²) in [5.41, 5.74) is 6.23. The smallest absolute Gasteiger partial charge is 0.244 e. The standard InChI is InChI=1S/C19H19N5OS2/c1-11-8-13(3)17-16(9-11)27-18(20-17)26-10-14-12(2)6-5-7-15(14)24-19(25)23(4)21-22-24/h5-9H,10H2,1-4H3. The van der Waals surface area contributed by atoms with E-state index in [1.54, 1.807) is 30.1 Å². The second-order valence-electron chi connectivity index (χ2n) is 6.57. The van der Waals surface area contributed by atoms with Crippen molar-refractivity contribution in [2.75, 3.05) is 0 Å². The molecule has 6 nitrogen and oxygen atoms in total. The molecule has 2 aromatic carbocycles. The maximum Gasteiger partial charge on any atom is 0.368 e. The molecule has 0 aliphatic heterocycles. The fourth-order valence-corrected chi connectivity index (χ4v) is 5.44. The third-order valence-electron chi connectivity index (χ3n) is 4.49. The number of thiazole rings is 1. The highest BCUT2D eigenvalue weighted by Crippen LogP contribution is 2.35. The summed E-state index contributed by atoms with van der Waals surface area (Å²) < 4.78 is 4.83. The van der Waals surface area contributed by atoms with Crippen molar-refractivity contribution in [3.8, 4) is 5.69 Å². The van der Waals surface area contributed by atoms with Crippen LogP contribution in [0.5, 0.6) is 0 Å². The van der Waals surface area contributed by atoms with Crippen molar-refractivity contribution in [1.82, 2.24) is 24.8 Å². The zero-order chi connectivity index (χ0) is 19.1. The van der Waals surface area contributed by atoms with Crippen LogP contribution in [0.15, 0.2) is 39.5 Å². The first-order valence-electron chi connectivity index (χ1n) is 8.52. The van der Waals surface area contributed by atoms with E-state index in [-0.39, 0.29) is 5.69 Å². The van der Waals surface area contributed by atoms with Crippen molar-refractivity contribution in [3.05, 3.63) is 63.1 Å². The van der Waals surface area contributed by atoms with Gasteiger partial charge in [0.25, 0.3) is 0 Å². The van der Waals surface area contributed by atoms with Crippen LogP contribution in [0.4, 0.5) is 0 Å². The summed E-state index contributed by atoms with van der Waals surface area (Å²) in [6, 6.07) is 10.2. The van der Waals surface area contributed by atoms with Gasteiger partial charge < -0.3 is 0 Å². The molecule has 0 N–H and O–H groups in total. The molecule has 27 heavy (non-hydrogen) atoms. The lowest BCUT2D eigenvalue weighted by Gasteiger charge is -2.10. The Morgan fingerprint density at radius 2 is 1.93 bits per heavy atom. The van der Waals surface area contributed by atoms with Gasteiger partial charge in [0.05, 0.1) is 15.9 Å². The molecule has 2 aromatic heterocycles. The van der Waals surface area contributed by atoms with Crippen LogP contribution in [-0.2, 0) is 12.8 Å². The molecule has 2 heterocycles. The van der Waals surface area contributed by atoms with Crippen LogP contribution < -0.4 is 5.69 Å². The minimum absolute atomic E-state index is 0.252. The average Bonchev–Trinajstić information content (AvgIpc) is 3.17. The first kappa shape index (κ1) is 17.9. The van der Waals surface area contributed by atoms with Crippen LogP contribution in [0.1, 0.15) is 22.3 Å². The Morgan fingerprint density at radius 1 is 1.11 bits per heavy atom. The van der Waals surface area contributed by atoms with Crippen molar-refractivity contribution in [2.45, 2.75) is 30.9 Å². The summed E-state index contributed by atoms with van der Waals surface area (Å²) in [7, 11) is 1.60. The molecule has 0 unspecified atom stereocenters. The monoisotopic (exact) mass is 397 g/mol. The lowest BCUT2D eigenvalue weighted by atomic mass is 10.1. The number of aromatic nitrogens is 5. The highest BCUT2D eigenvalue weighted by molar-refractivity contribution is 8.00. The number of aryl methyl sites for hydroxylation is 4. The molecule has 0 bridgehead atoms. The second kappa shape index (κ2) is 6.94. The molecule has 0 aliphatic rings. The molecule has 138 valence electrons. The van der Waals surface area contributed by atoms with Crippen molar-refractivity contribution in [1.29, 1.82) is 0 Å². The van der Waals surface area contributed by atoms with Crippen molar-refractivity contribution in [3.63, 3.8) is 0 Å². The van der Waals surface area contributed by atoms with E-state index in [2.05, 4.69) is 36.4 Å². The quantitative estimate of drug-likeness (QED) is 0.490. The number of thioether (sulfide) groups is 1. The minimum Gasteiger partial charge on any atom is -0.244 e. The fourth-order valence-electron chi connectivity index (χ4n) is 3.08. The summed E-state index contributed by atoms with van der Waals surface area (Å²) in [4.78, 5) is 17.1. The third-order valence-corrected chi connectivity index (χ3v) is 6.66. The van der Waals surface area contributed by atoms with E-state index in [0.29, 0.717) is 5.75 Å². The van der Waals surface area contributed by atoms with Gasteiger partial charge in [-0.1, -0.05) is 30.0 Å². The topological polar surface area (TPSA) is 65.6 Å². The van der Waals surface area contributed by atoms with E-state index in [0.717, 1.165) is 26.7 Å². The Balaban J connectivity index is 1.69. The zero-order valence-corrected chi connectivity index (χ0v) is 17.2. The number of hydrogen-bond donors (Lipinski definition) is 0. The van der Waals surface area contributed by atoms with Crippen LogP contribution in [-0.4, -0.2) is 24.8 Å². The SMILES string of the molecule is Cc1cc(C)c2nc(SCc3c(C)cccc3-n3nnn(C)c3=O)sc2c1. The zero-order valence-electron chi connectivity index (χ0n) is 15.6. The maximum absolute atomic E-state index is 12.3. The predicted molar refractivity (Wildman–Crippen MR) is 110 cm³/mol. The molecule has 0 aliphatic carbocycles. The summed E-state index contributed by atoms with van der Waals surface area (Å²) >= 11 is 3.40. The van der Waals surface area contributed by atoms with Gasteiger partial charge in [-0.15, -0.1) is 11.3 Å². The first-order chi connectivity index (χ1) is 12.9. The van der Waals surface area contributed by atoms with Crippen LogP contribution in [0, 0.1) is 20.8 Å². The molecule has 0 spiro atoms. The maximum atomic E-state index is 12.3. The molecule has 0 radical (unpaired) electrons. The summed E-state index contributed by atoms with van der Waals surface area (Å²) in [6.07, 6.45) is 0. The van der Waals surface area contributed by atoms with Crippen molar-refractivity contribution < 1.29 is 0 Å². The molecule has 0 amide bonds. The Kier molecular flexibility index (Phi) is 4.61. The lowest BCUT2D eigenvalue weighted by molar-refractivity contribution is 0.692. The Hall–Kier alpha value is -2.45. The van der Waals surface area contributed by atoms with Crippen LogP contribution >= 0.6 is 23.1 Å². The Morgan fingerprint density at radius 3 is 2.67 bits per heavy atom. The molecular weight excluding hydrogens is 378 g/mol. The highest BCUT2D eigenvalue weighted by Gasteiger charge is 2.14. The van der Waals surface area contributed by atoms with Gasteiger partial charge in [-0.2, -0.15) is 9.36 Å². The highest BCUT2D eigenvalue weighted by atomic mass is 32.2. The van der Waals surface area contributed by atoms with Crippen LogP contribution in [0.25, 0.3) is 15.9 Å². The van der Waals surface area contributed by atoms with E-state index in [9.17, 15) is 4.79 Å². The molecule has 4 rings (SSSR count). The summed E-state index contributed by atoms with van der Waals surface area (Å²) in [5.74, 6) is 0.711. The predicted octanol–water partition coefficient (Wildman–Crippen LogP) is 3.79. The largest absolute Gasteiger partial charge is 0.368 e. The van der Waals surface area contributed by atoms with Gasteiger partial charge >= 0.3 is 5.69 Å². The van der Waals surface area contributed by atoms with E-state index < -0.39 is 0 Å². The van der Waals surface area contributed by atoms with Gasteiger partial charge in [-0.3, -0.25) is 0 Å². The van der Waals surface area contributed by atoms with E-state index >= 15 is 0 Å². The lowest BCUT2D eigenvalue weighted by Crippen LogP contribution is -2.23. The molecule has 0 saturated heterocycles.